The molecule has 4 nitrogen and oxygen atoms in total. The van der Waals surface area contributed by atoms with Crippen molar-refractivity contribution in [3.8, 4) is 45.0 Å². The molecule has 0 atom stereocenters. The van der Waals surface area contributed by atoms with Gasteiger partial charge in [-0.05, 0) is 81.6 Å². The van der Waals surface area contributed by atoms with Gasteiger partial charge >= 0.3 is 0 Å². The zero-order valence-electron chi connectivity index (χ0n) is 27.1. The maximum atomic E-state index is 5.15. The molecule has 1 aliphatic carbocycles. The molecule has 230 valence electrons. The molecule has 0 N–H and O–H groups in total. The standard InChI is InChI=1S/C44H34N4/c1-44(2)37-19-11-10-18-35(37)36-25-23-33(28-38(36)44)32-24-26-40-34(27-32)22-21-29-13-9-12-20-39(29)48(40)43-46-41(30-14-5-3-6-15-30)45-42(47-43)31-16-7-4-8-17-31/h3-20,23-28H,21-22H2,1-2H3. The Morgan fingerprint density at radius 1 is 0.458 bits per heavy atom. The van der Waals surface area contributed by atoms with Crippen LogP contribution in [-0.4, -0.2) is 15.0 Å². The van der Waals surface area contributed by atoms with Crippen LogP contribution in [0.15, 0.2) is 146 Å². The molecule has 0 fully saturated rings. The van der Waals surface area contributed by atoms with Gasteiger partial charge in [-0.15, -0.1) is 0 Å². The molecule has 2 aliphatic rings. The summed E-state index contributed by atoms with van der Waals surface area (Å²) in [6, 6.07) is 51.7. The highest BCUT2D eigenvalue weighted by atomic mass is 15.3. The quantitative estimate of drug-likeness (QED) is 0.197. The number of anilines is 3. The molecule has 0 bridgehead atoms. The first kappa shape index (κ1) is 28.4. The Morgan fingerprint density at radius 3 is 1.77 bits per heavy atom. The topological polar surface area (TPSA) is 41.9 Å². The van der Waals surface area contributed by atoms with Gasteiger partial charge in [0, 0.05) is 16.5 Å². The third-order valence-electron chi connectivity index (χ3n) is 10.0. The molecule has 1 aromatic heterocycles. The predicted molar refractivity (Wildman–Crippen MR) is 196 cm³/mol. The number of benzene rings is 6. The highest BCUT2D eigenvalue weighted by Gasteiger charge is 2.35. The van der Waals surface area contributed by atoms with Crippen molar-refractivity contribution in [2.24, 2.45) is 0 Å². The second kappa shape index (κ2) is 11.1. The van der Waals surface area contributed by atoms with Crippen LogP contribution in [-0.2, 0) is 18.3 Å². The minimum atomic E-state index is -0.0440. The molecule has 9 rings (SSSR count). The Kier molecular flexibility index (Phi) is 6.58. The minimum Gasteiger partial charge on any atom is -0.279 e. The van der Waals surface area contributed by atoms with Crippen LogP contribution in [0.4, 0.5) is 17.3 Å². The van der Waals surface area contributed by atoms with E-state index in [0.717, 1.165) is 35.3 Å². The third-order valence-corrected chi connectivity index (χ3v) is 10.0. The van der Waals surface area contributed by atoms with Crippen LogP contribution >= 0.6 is 0 Å². The Balaban J connectivity index is 1.20. The van der Waals surface area contributed by atoms with E-state index in [1.807, 2.05) is 36.4 Å². The summed E-state index contributed by atoms with van der Waals surface area (Å²) in [5, 5.41) is 0. The fourth-order valence-corrected chi connectivity index (χ4v) is 7.52. The Labute approximate surface area is 281 Å². The molecular formula is C44H34N4. The smallest absolute Gasteiger partial charge is 0.238 e. The van der Waals surface area contributed by atoms with E-state index < -0.39 is 0 Å². The van der Waals surface area contributed by atoms with Crippen molar-refractivity contribution in [1.29, 1.82) is 0 Å². The van der Waals surface area contributed by atoms with Gasteiger partial charge in [-0.2, -0.15) is 9.97 Å². The number of hydrogen-bond donors (Lipinski definition) is 0. The van der Waals surface area contributed by atoms with Crippen molar-refractivity contribution in [3.05, 3.63) is 168 Å². The second-order valence-electron chi connectivity index (χ2n) is 13.3. The Bertz CT molecular complexity index is 2270. The zero-order chi connectivity index (χ0) is 32.2. The first-order chi connectivity index (χ1) is 23.5. The van der Waals surface area contributed by atoms with E-state index in [2.05, 4.69) is 128 Å². The summed E-state index contributed by atoms with van der Waals surface area (Å²) in [6.07, 6.45) is 1.85. The fraction of sp³-hybridized carbons (Fsp3) is 0.114. The lowest BCUT2D eigenvalue weighted by atomic mass is 9.81. The first-order valence-electron chi connectivity index (χ1n) is 16.7. The van der Waals surface area contributed by atoms with Crippen LogP contribution in [0.1, 0.15) is 36.1 Å². The third kappa shape index (κ3) is 4.64. The summed E-state index contributed by atoms with van der Waals surface area (Å²) in [4.78, 5) is 17.5. The van der Waals surface area contributed by atoms with Gasteiger partial charge in [0.1, 0.15) is 0 Å². The van der Waals surface area contributed by atoms with Crippen molar-refractivity contribution < 1.29 is 0 Å². The van der Waals surface area contributed by atoms with E-state index in [-0.39, 0.29) is 5.41 Å². The highest BCUT2D eigenvalue weighted by Crippen LogP contribution is 2.50. The average Bonchev–Trinajstić information content (AvgIpc) is 3.26. The molecule has 0 saturated carbocycles. The van der Waals surface area contributed by atoms with Gasteiger partial charge in [-0.25, -0.2) is 4.98 Å². The van der Waals surface area contributed by atoms with Crippen LogP contribution < -0.4 is 4.90 Å². The average molecular weight is 619 g/mol. The largest absolute Gasteiger partial charge is 0.279 e. The molecule has 4 heteroatoms. The maximum Gasteiger partial charge on any atom is 0.238 e. The normalized spacial score (nSPS) is 14.0. The van der Waals surface area contributed by atoms with E-state index in [1.165, 1.54) is 44.5 Å². The van der Waals surface area contributed by atoms with Gasteiger partial charge < -0.3 is 0 Å². The first-order valence-corrected chi connectivity index (χ1v) is 16.7. The molecule has 6 aromatic carbocycles. The number of para-hydroxylation sites is 1. The number of nitrogens with zero attached hydrogens (tertiary/aromatic N) is 4. The minimum absolute atomic E-state index is 0.0440. The van der Waals surface area contributed by atoms with Crippen LogP contribution in [0.25, 0.3) is 45.0 Å². The van der Waals surface area contributed by atoms with Gasteiger partial charge in [0.25, 0.3) is 0 Å². The lowest BCUT2D eigenvalue weighted by Crippen LogP contribution is -2.16. The van der Waals surface area contributed by atoms with Crippen LogP contribution in [0, 0.1) is 0 Å². The van der Waals surface area contributed by atoms with Crippen molar-refractivity contribution in [2.75, 3.05) is 4.90 Å². The van der Waals surface area contributed by atoms with Gasteiger partial charge in [0.15, 0.2) is 11.6 Å². The SMILES string of the molecule is CC1(C)c2ccccc2-c2ccc(-c3ccc4c(c3)CCc3ccccc3N4c3nc(-c4ccccc4)nc(-c4ccccc4)n3)cc21. The van der Waals surface area contributed by atoms with Crippen LogP contribution in [0.5, 0.6) is 0 Å². The lowest BCUT2D eigenvalue weighted by Gasteiger charge is -2.26. The number of fused-ring (bicyclic) bond motifs is 5. The van der Waals surface area contributed by atoms with E-state index in [1.54, 1.807) is 0 Å². The zero-order valence-corrected chi connectivity index (χ0v) is 27.1. The molecule has 1 aliphatic heterocycles. The predicted octanol–water partition coefficient (Wildman–Crippen LogP) is 10.7. The van der Waals surface area contributed by atoms with Crippen LogP contribution in [0.3, 0.4) is 0 Å². The van der Waals surface area contributed by atoms with Gasteiger partial charge in [-0.1, -0.05) is 135 Å². The molecule has 7 aromatic rings. The summed E-state index contributed by atoms with van der Waals surface area (Å²) in [6.45, 7) is 4.69. The highest BCUT2D eigenvalue weighted by molar-refractivity contribution is 5.85. The fourth-order valence-electron chi connectivity index (χ4n) is 7.52. The molecule has 0 radical (unpaired) electrons. The number of hydrogen-bond acceptors (Lipinski definition) is 4. The van der Waals surface area contributed by atoms with E-state index in [4.69, 9.17) is 15.0 Å². The van der Waals surface area contributed by atoms with Gasteiger partial charge in [0.05, 0.1) is 11.4 Å². The van der Waals surface area contributed by atoms with Gasteiger partial charge in [-0.3, -0.25) is 4.90 Å². The number of rotatable bonds is 4. The van der Waals surface area contributed by atoms with E-state index in [0.29, 0.717) is 17.6 Å². The molecule has 2 heterocycles. The summed E-state index contributed by atoms with van der Waals surface area (Å²) in [5.41, 5.74) is 14.6. The molecule has 0 spiro atoms. The lowest BCUT2D eigenvalue weighted by molar-refractivity contribution is 0.660. The molecule has 0 unspecified atom stereocenters. The molecule has 48 heavy (non-hydrogen) atoms. The van der Waals surface area contributed by atoms with E-state index >= 15 is 0 Å². The van der Waals surface area contributed by atoms with Crippen molar-refractivity contribution in [2.45, 2.75) is 32.1 Å². The number of aromatic nitrogens is 3. The summed E-state index contributed by atoms with van der Waals surface area (Å²) >= 11 is 0. The van der Waals surface area contributed by atoms with Gasteiger partial charge in [0.2, 0.25) is 5.95 Å². The summed E-state index contributed by atoms with van der Waals surface area (Å²) in [7, 11) is 0. The monoisotopic (exact) mass is 618 g/mol. The van der Waals surface area contributed by atoms with Crippen molar-refractivity contribution in [1.82, 2.24) is 15.0 Å². The van der Waals surface area contributed by atoms with Crippen molar-refractivity contribution >= 4 is 17.3 Å². The molecule has 0 saturated heterocycles. The number of aryl methyl sites for hydroxylation is 2. The van der Waals surface area contributed by atoms with Crippen LogP contribution in [0.2, 0.25) is 0 Å². The molecule has 0 amide bonds. The summed E-state index contributed by atoms with van der Waals surface area (Å²) < 4.78 is 0. The van der Waals surface area contributed by atoms with Crippen molar-refractivity contribution in [3.63, 3.8) is 0 Å². The Morgan fingerprint density at radius 2 is 1.02 bits per heavy atom. The molecular weight excluding hydrogens is 585 g/mol. The second-order valence-corrected chi connectivity index (χ2v) is 13.3. The maximum absolute atomic E-state index is 5.15. The van der Waals surface area contributed by atoms with E-state index in [9.17, 15) is 0 Å². The Hall–Kier alpha value is -5.87. The summed E-state index contributed by atoms with van der Waals surface area (Å²) in [5.74, 6) is 1.92.